The molecule has 0 radical (unpaired) electrons. The Labute approximate surface area is 101 Å². The van der Waals surface area contributed by atoms with E-state index in [-0.39, 0.29) is 5.91 Å². The molecule has 94 valence electrons. The summed E-state index contributed by atoms with van der Waals surface area (Å²) in [6.45, 7) is 0.870. The summed E-state index contributed by atoms with van der Waals surface area (Å²) >= 11 is 0. The number of carbonyl (C=O) groups is 1. The standard InChI is InChI=1S/C12H19N3O2/c16-12(15-10-4-2-1-3-5-10)9-13-8-11-6-7-14-17-11/h6-7,10,13H,1-5,8-9H2,(H,15,16). The van der Waals surface area contributed by atoms with Gasteiger partial charge >= 0.3 is 0 Å². The second-order valence-electron chi connectivity index (χ2n) is 4.48. The van der Waals surface area contributed by atoms with Crippen molar-refractivity contribution < 1.29 is 9.32 Å². The molecule has 0 unspecified atom stereocenters. The van der Waals surface area contributed by atoms with E-state index in [2.05, 4.69) is 15.8 Å². The summed E-state index contributed by atoms with van der Waals surface area (Å²) in [6, 6.07) is 2.16. The molecule has 17 heavy (non-hydrogen) atoms. The van der Waals surface area contributed by atoms with Gasteiger partial charge in [0, 0.05) is 12.1 Å². The van der Waals surface area contributed by atoms with Crippen LogP contribution in [0.25, 0.3) is 0 Å². The van der Waals surface area contributed by atoms with Crippen molar-refractivity contribution in [2.24, 2.45) is 0 Å². The number of hydrogen-bond acceptors (Lipinski definition) is 4. The Morgan fingerprint density at radius 1 is 1.41 bits per heavy atom. The van der Waals surface area contributed by atoms with E-state index < -0.39 is 0 Å². The van der Waals surface area contributed by atoms with Crippen molar-refractivity contribution in [3.63, 3.8) is 0 Å². The lowest BCUT2D eigenvalue weighted by molar-refractivity contribution is -0.121. The van der Waals surface area contributed by atoms with Gasteiger partial charge in [-0.05, 0) is 12.8 Å². The number of carbonyl (C=O) groups excluding carboxylic acids is 1. The minimum Gasteiger partial charge on any atom is -0.360 e. The molecule has 1 aromatic heterocycles. The number of hydrogen-bond donors (Lipinski definition) is 2. The third-order valence-corrected chi connectivity index (χ3v) is 3.05. The Kier molecular flexibility index (Phi) is 4.55. The second-order valence-corrected chi connectivity index (χ2v) is 4.48. The van der Waals surface area contributed by atoms with Crippen molar-refractivity contribution in [1.82, 2.24) is 15.8 Å². The zero-order chi connectivity index (χ0) is 11.9. The van der Waals surface area contributed by atoms with Gasteiger partial charge < -0.3 is 15.2 Å². The van der Waals surface area contributed by atoms with Crippen LogP contribution in [0.2, 0.25) is 0 Å². The zero-order valence-electron chi connectivity index (χ0n) is 9.95. The van der Waals surface area contributed by atoms with E-state index in [1.165, 1.54) is 19.3 Å². The van der Waals surface area contributed by atoms with E-state index in [0.29, 0.717) is 19.1 Å². The van der Waals surface area contributed by atoms with Crippen LogP contribution in [0.4, 0.5) is 0 Å². The Bertz CT molecular complexity index is 332. The molecule has 2 N–H and O–H groups in total. The fraction of sp³-hybridized carbons (Fsp3) is 0.667. The molecule has 1 amide bonds. The third-order valence-electron chi connectivity index (χ3n) is 3.05. The van der Waals surface area contributed by atoms with Crippen molar-refractivity contribution in [1.29, 1.82) is 0 Å². The average molecular weight is 237 g/mol. The quantitative estimate of drug-likeness (QED) is 0.808. The maximum Gasteiger partial charge on any atom is 0.234 e. The Hall–Kier alpha value is -1.36. The summed E-state index contributed by atoms with van der Waals surface area (Å²) in [7, 11) is 0. The lowest BCUT2D eigenvalue weighted by atomic mass is 9.95. The molecule has 5 heteroatoms. The van der Waals surface area contributed by atoms with Crippen molar-refractivity contribution in [3.05, 3.63) is 18.0 Å². The lowest BCUT2D eigenvalue weighted by Gasteiger charge is -2.22. The smallest absolute Gasteiger partial charge is 0.234 e. The highest BCUT2D eigenvalue weighted by Gasteiger charge is 2.15. The summed E-state index contributed by atoms with van der Waals surface area (Å²) in [4.78, 5) is 11.6. The minimum absolute atomic E-state index is 0.0661. The number of nitrogens with one attached hydrogen (secondary N) is 2. The molecule has 5 nitrogen and oxygen atoms in total. The van der Waals surface area contributed by atoms with Crippen LogP contribution >= 0.6 is 0 Å². The summed E-state index contributed by atoms with van der Waals surface area (Å²) in [5, 5.41) is 9.68. The van der Waals surface area contributed by atoms with E-state index >= 15 is 0 Å². The van der Waals surface area contributed by atoms with Gasteiger partial charge in [0.15, 0.2) is 0 Å². The van der Waals surface area contributed by atoms with Gasteiger partial charge in [-0.2, -0.15) is 0 Å². The van der Waals surface area contributed by atoms with Gasteiger partial charge in [0.2, 0.25) is 5.91 Å². The molecule has 0 spiro atoms. The van der Waals surface area contributed by atoms with Gasteiger partial charge in [0.1, 0.15) is 5.76 Å². The normalized spacial score (nSPS) is 16.9. The molecule has 1 heterocycles. The number of rotatable bonds is 5. The first-order valence-corrected chi connectivity index (χ1v) is 6.24. The van der Waals surface area contributed by atoms with Gasteiger partial charge in [0.05, 0.1) is 19.3 Å². The second kappa shape index (κ2) is 6.39. The molecule has 0 aromatic carbocycles. The summed E-state index contributed by atoms with van der Waals surface area (Å²) in [5.74, 6) is 0.812. The highest BCUT2D eigenvalue weighted by Crippen LogP contribution is 2.17. The topological polar surface area (TPSA) is 67.2 Å². The first kappa shape index (κ1) is 12.1. The fourth-order valence-corrected chi connectivity index (χ4v) is 2.16. The van der Waals surface area contributed by atoms with Crippen LogP contribution in [0.1, 0.15) is 37.9 Å². The van der Waals surface area contributed by atoms with E-state index in [1.807, 2.05) is 0 Å². The van der Waals surface area contributed by atoms with Crippen LogP contribution in [0.3, 0.4) is 0 Å². The Morgan fingerprint density at radius 3 is 2.94 bits per heavy atom. The molecule has 1 aliphatic carbocycles. The van der Waals surface area contributed by atoms with E-state index in [0.717, 1.165) is 18.6 Å². The average Bonchev–Trinajstić information content (AvgIpc) is 2.83. The van der Waals surface area contributed by atoms with Crippen molar-refractivity contribution in [2.45, 2.75) is 44.7 Å². The molecule has 1 fully saturated rings. The van der Waals surface area contributed by atoms with Crippen LogP contribution in [0, 0.1) is 0 Å². The Balaban J connectivity index is 1.60. The molecule has 1 saturated carbocycles. The van der Waals surface area contributed by atoms with E-state index in [1.54, 1.807) is 12.3 Å². The maximum atomic E-state index is 11.6. The van der Waals surface area contributed by atoms with Crippen LogP contribution in [0.15, 0.2) is 16.8 Å². The number of aromatic nitrogens is 1. The van der Waals surface area contributed by atoms with Gasteiger partial charge in [-0.25, -0.2) is 0 Å². The highest BCUT2D eigenvalue weighted by atomic mass is 16.5. The zero-order valence-corrected chi connectivity index (χ0v) is 9.95. The van der Waals surface area contributed by atoms with Gasteiger partial charge in [0.25, 0.3) is 0 Å². The molecule has 0 atom stereocenters. The molecular formula is C12H19N3O2. The van der Waals surface area contributed by atoms with Gasteiger partial charge in [-0.15, -0.1) is 0 Å². The predicted octanol–water partition coefficient (Wildman–Crippen LogP) is 1.21. The van der Waals surface area contributed by atoms with Crippen LogP contribution in [0.5, 0.6) is 0 Å². The number of nitrogens with zero attached hydrogens (tertiary/aromatic N) is 1. The molecular weight excluding hydrogens is 218 g/mol. The highest BCUT2D eigenvalue weighted by molar-refractivity contribution is 5.78. The van der Waals surface area contributed by atoms with E-state index in [9.17, 15) is 4.79 Å². The third kappa shape index (κ3) is 4.19. The molecule has 0 saturated heterocycles. The van der Waals surface area contributed by atoms with Gasteiger partial charge in [-0.1, -0.05) is 24.4 Å². The molecule has 2 rings (SSSR count). The molecule has 1 aliphatic rings. The van der Waals surface area contributed by atoms with E-state index in [4.69, 9.17) is 4.52 Å². The summed E-state index contributed by atoms with van der Waals surface area (Å²) in [6.07, 6.45) is 7.60. The van der Waals surface area contributed by atoms with Crippen LogP contribution in [-0.2, 0) is 11.3 Å². The van der Waals surface area contributed by atoms with Crippen molar-refractivity contribution >= 4 is 5.91 Å². The number of amides is 1. The van der Waals surface area contributed by atoms with Crippen molar-refractivity contribution in [2.75, 3.05) is 6.54 Å². The fourth-order valence-electron chi connectivity index (χ4n) is 2.16. The predicted molar refractivity (Wildman–Crippen MR) is 63.2 cm³/mol. The maximum absolute atomic E-state index is 11.6. The Morgan fingerprint density at radius 2 is 2.24 bits per heavy atom. The summed E-state index contributed by atoms with van der Waals surface area (Å²) in [5.41, 5.74) is 0. The first-order chi connectivity index (χ1) is 8.34. The summed E-state index contributed by atoms with van der Waals surface area (Å²) < 4.78 is 4.92. The molecule has 1 aromatic rings. The lowest BCUT2D eigenvalue weighted by Crippen LogP contribution is -2.41. The van der Waals surface area contributed by atoms with Gasteiger partial charge in [-0.3, -0.25) is 4.79 Å². The molecule has 0 aliphatic heterocycles. The monoisotopic (exact) mass is 237 g/mol. The van der Waals surface area contributed by atoms with Crippen LogP contribution < -0.4 is 10.6 Å². The minimum atomic E-state index is 0.0661. The molecule has 0 bridgehead atoms. The first-order valence-electron chi connectivity index (χ1n) is 6.24. The van der Waals surface area contributed by atoms with Crippen molar-refractivity contribution in [3.8, 4) is 0 Å². The van der Waals surface area contributed by atoms with Crippen LogP contribution in [-0.4, -0.2) is 23.7 Å². The largest absolute Gasteiger partial charge is 0.360 e. The SMILES string of the molecule is O=C(CNCc1ccno1)NC1CCCCC1.